The number of aromatic nitrogens is 1. The highest BCUT2D eigenvalue weighted by Gasteiger charge is 2.19. The van der Waals surface area contributed by atoms with Gasteiger partial charge in [0.05, 0.1) is 12.3 Å². The molecule has 0 radical (unpaired) electrons. The van der Waals surface area contributed by atoms with E-state index in [2.05, 4.69) is 9.88 Å². The molecular formula is C13H20N2O2. The summed E-state index contributed by atoms with van der Waals surface area (Å²) in [4.78, 5) is 6.71. The van der Waals surface area contributed by atoms with Gasteiger partial charge in [-0.15, -0.1) is 0 Å². The molecule has 2 heterocycles. The summed E-state index contributed by atoms with van der Waals surface area (Å²) in [5.74, 6) is 1.66. The summed E-state index contributed by atoms with van der Waals surface area (Å²) in [6.45, 7) is 2.91. The van der Waals surface area contributed by atoms with Crippen LogP contribution in [0.2, 0.25) is 0 Å². The average Bonchev–Trinajstić information content (AvgIpc) is 2.40. The van der Waals surface area contributed by atoms with E-state index in [0.29, 0.717) is 5.92 Å². The van der Waals surface area contributed by atoms with Crippen LogP contribution in [0.25, 0.3) is 0 Å². The van der Waals surface area contributed by atoms with E-state index >= 15 is 0 Å². The molecule has 1 aromatic heterocycles. The van der Waals surface area contributed by atoms with E-state index in [-0.39, 0.29) is 6.61 Å². The Morgan fingerprint density at radius 3 is 2.82 bits per heavy atom. The lowest BCUT2D eigenvalue weighted by atomic mass is 9.98. The number of aliphatic hydroxyl groups is 1. The number of piperidine rings is 1. The minimum absolute atomic E-state index is 0.00792. The molecule has 1 saturated heterocycles. The molecule has 0 atom stereocenters. The summed E-state index contributed by atoms with van der Waals surface area (Å²) in [6.07, 6.45) is 2.30. The lowest BCUT2D eigenvalue weighted by Crippen LogP contribution is -2.35. The maximum Gasteiger partial charge on any atom is 0.128 e. The van der Waals surface area contributed by atoms with Crippen LogP contribution < -0.4 is 4.90 Å². The lowest BCUT2D eigenvalue weighted by molar-refractivity contribution is 0.139. The number of anilines is 1. The minimum Gasteiger partial charge on any atom is -0.390 e. The molecule has 1 N–H and O–H groups in total. The van der Waals surface area contributed by atoms with Gasteiger partial charge in [-0.3, -0.25) is 0 Å². The fourth-order valence-corrected chi connectivity index (χ4v) is 2.30. The highest BCUT2D eigenvalue weighted by molar-refractivity contribution is 5.39. The van der Waals surface area contributed by atoms with E-state index in [4.69, 9.17) is 9.84 Å². The van der Waals surface area contributed by atoms with Crippen molar-refractivity contribution >= 4 is 5.82 Å². The molecule has 1 aliphatic rings. The first-order valence-electron chi connectivity index (χ1n) is 6.14. The Labute approximate surface area is 102 Å². The molecule has 0 spiro atoms. The third-order valence-electron chi connectivity index (χ3n) is 3.29. The molecule has 2 rings (SSSR count). The van der Waals surface area contributed by atoms with Gasteiger partial charge in [-0.25, -0.2) is 4.98 Å². The Morgan fingerprint density at radius 2 is 2.18 bits per heavy atom. The van der Waals surface area contributed by atoms with Gasteiger partial charge in [-0.1, -0.05) is 6.07 Å². The van der Waals surface area contributed by atoms with Gasteiger partial charge in [0.25, 0.3) is 0 Å². The maximum atomic E-state index is 9.07. The number of hydrogen-bond donors (Lipinski definition) is 1. The standard InChI is InChI=1S/C13H20N2O2/c1-17-10-11-5-7-15(8-6-11)13-4-2-3-12(9-16)14-13/h2-4,11,16H,5-10H2,1H3. The van der Waals surface area contributed by atoms with Crippen molar-refractivity contribution in [1.29, 1.82) is 0 Å². The Morgan fingerprint density at radius 1 is 1.41 bits per heavy atom. The highest BCUT2D eigenvalue weighted by atomic mass is 16.5. The average molecular weight is 236 g/mol. The van der Waals surface area contributed by atoms with E-state index in [1.54, 1.807) is 7.11 Å². The largest absolute Gasteiger partial charge is 0.390 e. The zero-order chi connectivity index (χ0) is 12.1. The Bertz CT molecular complexity index is 349. The molecule has 4 heteroatoms. The van der Waals surface area contributed by atoms with Gasteiger partial charge >= 0.3 is 0 Å². The molecule has 0 aliphatic carbocycles. The van der Waals surface area contributed by atoms with Crippen LogP contribution in [0.3, 0.4) is 0 Å². The molecule has 0 aromatic carbocycles. The van der Waals surface area contributed by atoms with Crippen molar-refractivity contribution in [3.05, 3.63) is 23.9 Å². The van der Waals surface area contributed by atoms with Gasteiger partial charge in [0.1, 0.15) is 5.82 Å². The highest BCUT2D eigenvalue weighted by Crippen LogP contribution is 2.22. The molecule has 0 unspecified atom stereocenters. The normalized spacial score (nSPS) is 17.4. The van der Waals surface area contributed by atoms with Crippen molar-refractivity contribution in [1.82, 2.24) is 4.98 Å². The Balaban J connectivity index is 1.95. The van der Waals surface area contributed by atoms with Crippen LogP contribution in [-0.4, -0.2) is 36.9 Å². The zero-order valence-electron chi connectivity index (χ0n) is 10.3. The maximum absolute atomic E-state index is 9.07. The van der Waals surface area contributed by atoms with Gasteiger partial charge in [-0.05, 0) is 30.9 Å². The third-order valence-corrected chi connectivity index (χ3v) is 3.29. The Kier molecular flexibility index (Phi) is 4.34. The van der Waals surface area contributed by atoms with Crippen molar-refractivity contribution in [2.45, 2.75) is 19.4 Å². The summed E-state index contributed by atoms with van der Waals surface area (Å²) in [6, 6.07) is 5.81. The third kappa shape index (κ3) is 3.17. The van der Waals surface area contributed by atoms with Crippen LogP contribution in [0.1, 0.15) is 18.5 Å². The number of aliphatic hydroxyl groups excluding tert-OH is 1. The lowest BCUT2D eigenvalue weighted by Gasteiger charge is -2.32. The summed E-state index contributed by atoms with van der Waals surface area (Å²) < 4.78 is 5.19. The molecule has 1 aliphatic heterocycles. The van der Waals surface area contributed by atoms with Crippen LogP contribution in [0.5, 0.6) is 0 Å². The summed E-state index contributed by atoms with van der Waals surface area (Å²) in [5, 5.41) is 9.07. The van der Waals surface area contributed by atoms with Crippen molar-refractivity contribution in [2.24, 2.45) is 5.92 Å². The fourth-order valence-electron chi connectivity index (χ4n) is 2.30. The molecule has 0 amide bonds. The van der Waals surface area contributed by atoms with Crippen molar-refractivity contribution in [3.8, 4) is 0 Å². The topological polar surface area (TPSA) is 45.6 Å². The summed E-state index contributed by atoms with van der Waals surface area (Å²) >= 11 is 0. The molecule has 0 bridgehead atoms. The second-order valence-corrected chi connectivity index (χ2v) is 4.53. The van der Waals surface area contributed by atoms with Crippen LogP contribution in [0.15, 0.2) is 18.2 Å². The summed E-state index contributed by atoms with van der Waals surface area (Å²) in [5.41, 5.74) is 0.738. The van der Waals surface area contributed by atoms with Crippen LogP contribution in [0, 0.1) is 5.92 Å². The van der Waals surface area contributed by atoms with E-state index in [1.807, 2.05) is 18.2 Å². The van der Waals surface area contributed by atoms with Crippen molar-refractivity contribution < 1.29 is 9.84 Å². The van der Waals surface area contributed by atoms with Gasteiger partial charge in [0.15, 0.2) is 0 Å². The first-order valence-corrected chi connectivity index (χ1v) is 6.14. The second kappa shape index (κ2) is 5.98. The van der Waals surface area contributed by atoms with Crippen LogP contribution in [0.4, 0.5) is 5.82 Å². The van der Waals surface area contributed by atoms with E-state index in [1.165, 1.54) is 0 Å². The predicted molar refractivity (Wildman–Crippen MR) is 67.0 cm³/mol. The molecule has 1 aromatic rings. The number of nitrogens with zero attached hydrogens (tertiary/aromatic N) is 2. The van der Waals surface area contributed by atoms with Crippen LogP contribution >= 0.6 is 0 Å². The monoisotopic (exact) mass is 236 g/mol. The quantitative estimate of drug-likeness (QED) is 0.859. The summed E-state index contributed by atoms with van der Waals surface area (Å²) in [7, 11) is 1.76. The predicted octanol–water partition coefficient (Wildman–Crippen LogP) is 1.44. The molecule has 17 heavy (non-hydrogen) atoms. The smallest absolute Gasteiger partial charge is 0.128 e. The number of hydrogen-bond acceptors (Lipinski definition) is 4. The van der Waals surface area contributed by atoms with Gasteiger partial charge < -0.3 is 14.7 Å². The first-order chi connectivity index (χ1) is 8.33. The number of methoxy groups -OCH3 is 1. The number of ether oxygens (including phenoxy) is 1. The van der Waals surface area contributed by atoms with Gasteiger partial charge in [0, 0.05) is 26.8 Å². The first kappa shape index (κ1) is 12.3. The molecule has 94 valence electrons. The second-order valence-electron chi connectivity index (χ2n) is 4.53. The van der Waals surface area contributed by atoms with Crippen molar-refractivity contribution in [2.75, 3.05) is 31.7 Å². The molecule has 0 saturated carbocycles. The molecule has 4 nitrogen and oxygen atoms in total. The SMILES string of the molecule is COCC1CCN(c2cccc(CO)n2)CC1. The van der Waals surface area contributed by atoms with Crippen molar-refractivity contribution in [3.63, 3.8) is 0 Å². The van der Waals surface area contributed by atoms with E-state index in [9.17, 15) is 0 Å². The number of pyridine rings is 1. The van der Waals surface area contributed by atoms with Gasteiger partial charge in [-0.2, -0.15) is 0 Å². The Hall–Kier alpha value is -1.13. The van der Waals surface area contributed by atoms with Gasteiger partial charge in [0.2, 0.25) is 0 Å². The molecular weight excluding hydrogens is 216 g/mol. The number of rotatable bonds is 4. The zero-order valence-corrected chi connectivity index (χ0v) is 10.3. The van der Waals surface area contributed by atoms with E-state index in [0.717, 1.165) is 44.0 Å². The van der Waals surface area contributed by atoms with Crippen LogP contribution in [-0.2, 0) is 11.3 Å². The fraction of sp³-hybridized carbons (Fsp3) is 0.615. The van der Waals surface area contributed by atoms with E-state index < -0.39 is 0 Å². The molecule has 1 fully saturated rings. The minimum atomic E-state index is 0.00792.